The fourth-order valence-corrected chi connectivity index (χ4v) is 3.68. The van der Waals surface area contributed by atoms with E-state index in [9.17, 15) is 14.3 Å². The van der Waals surface area contributed by atoms with Gasteiger partial charge in [0.2, 0.25) is 0 Å². The van der Waals surface area contributed by atoms with Crippen molar-refractivity contribution in [3.63, 3.8) is 0 Å². The fourth-order valence-electron chi connectivity index (χ4n) is 3.68. The second kappa shape index (κ2) is 8.52. The van der Waals surface area contributed by atoms with E-state index in [2.05, 4.69) is 20.5 Å². The summed E-state index contributed by atoms with van der Waals surface area (Å²) >= 11 is 0. The van der Waals surface area contributed by atoms with Gasteiger partial charge in [0.1, 0.15) is 17.3 Å². The minimum atomic E-state index is -0.657. The van der Waals surface area contributed by atoms with Gasteiger partial charge in [-0.1, -0.05) is 6.07 Å². The lowest BCUT2D eigenvalue weighted by Crippen LogP contribution is -2.13. The molecule has 9 nitrogen and oxygen atoms in total. The highest BCUT2D eigenvalue weighted by atomic mass is 19.1. The molecule has 0 aliphatic heterocycles. The number of methoxy groups -OCH3 is 1. The molecule has 0 unspecified atom stereocenters. The molecule has 0 aliphatic rings. The summed E-state index contributed by atoms with van der Waals surface area (Å²) in [6.45, 7) is -0.191. The molecule has 0 bridgehead atoms. The first-order valence-corrected chi connectivity index (χ1v) is 10.2. The Kier molecular flexibility index (Phi) is 5.38. The lowest BCUT2D eigenvalue weighted by atomic mass is 10.1. The third kappa shape index (κ3) is 3.71. The smallest absolute Gasteiger partial charge is 0.256 e. The van der Waals surface area contributed by atoms with E-state index in [4.69, 9.17) is 4.74 Å². The molecule has 0 saturated carbocycles. The zero-order valence-corrected chi connectivity index (χ0v) is 17.9. The van der Waals surface area contributed by atoms with Gasteiger partial charge >= 0.3 is 0 Å². The number of amides is 1. The summed E-state index contributed by atoms with van der Waals surface area (Å²) in [5, 5.41) is 20.8. The van der Waals surface area contributed by atoms with Crippen LogP contribution < -0.4 is 10.1 Å². The Morgan fingerprint density at radius 3 is 2.82 bits per heavy atom. The van der Waals surface area contributed by atoms with Gasteiger partial charge in [0.25, 0.3) is 5.91 Å². The molecule has 0 saturated heterocycles. The highest BCUT2D eigenvalue weighted by molar-refractivity contribution is 6.07. The number of aromatic nitrogens is 5. The Morgan fingerprint density at radius 1 is 1.21 bits per heavy atom. The van der Waals surface area contributed by atoms with Gasteiger partial charge in [0.15, 0.2) is 17.3 Å². The molecule has 0 fully saturated rings. The first kappa shape index (κ1) is 21.5. The third-order valence-electron chi connectivity index (χ3n) is 5.29. The molecule has 172 valence electrons. The first-order chi connectivity index (χ1) is 16.5. The number of aliphatic hydroxyl groups is 1. The van der Waals surface area contributed by atoms with Crippen LogP contribution >= 0.6 is 0 Å². The summed E-state index contributed by atoms with van der Waals surface area (Å²) in [5.41, 5.74) is 1.37. The van der Waals surface area contributed by atoms with E-state index < -0.39 is 17.5 Å². The molecular formula is C23H18F2N6O3. The van der Waals surface area contributed by atoms with E-state index in [0.29, 0.717) is 16.8 Å². The molecule has 5 rings (SSSR count). The number of carbonyl (C=O) groups excluding carboxylic acids is 1. The van der Waals surface area contributed by atoms with E-state index in [1.807, 2.05) is 0 Å². The van der Waals surface area contributed by atoms with Crippen LogP contribution in [0.3, 0.4) is 0 Å². The lowest BCUT2D eigenvalue weighted by Gasteiger charge is -2.05. The van der Waals surface area contributed by atoms with Crippen LogP contribution in [0, 0.1) is 11.6 Å². The van der Waals surface area contributed by atoms with Crippen molar-refractivity contribution in [2.75, 3.05) is 19.0 Å². The molecular weight excluding hydrogens is 446 g/mol. The summed E-state index contributed by atoms with van der Waals surface area (Å²) in [5.74, 6) is -1.23. The number of benzene rings is 1. The normalized spacial score (nSPS) is 11.3. The predicted octanol–water partition coefficient (Wildman–Crippen LogP) is 3.28. The van der Waals surface area contributed by atoms with Crippen molar-refractivity contribution in [2.45, 2.75) is 6.54 Å². The number of carbonyl (C=O) groups is 1. The molecule has 11 heteroatoms. The molecule has 0 aliphatic carbocycles. The van der Waals surface area contributed by atoms with Crippen molar-refractivity contribution in [2.24, 2.45) is 0 Å². The fraction of sp³-hybridized carbons (Fsp3) is 0.130. The molecule has 0 atom stereocenters. The van der Waals surface area contributed by atoms with Crippen LogP contribution in [0.1, 0.15) is 10.4 Å². The quantitative estimate of drug-likeness (QED) is 0.400. The van der Waals surface area contributed by atoms with E-state index in [1.165, 1.54) is 42.3 Å². The van der Waals surface area contributed by atoms with E-state index in [0.717, 1.165) is 6.07 Å². The maximum atomic E-state index is 15.3. The SMILES string of the molecule is COc1ccn2ncc(-c3nc4c(cc3F)c(NC(=O)c3cccc(F)c3)nn4CCO)c2c1. The lowest BCUT2D eigenvalue weighted by molar-refractivity contribution is 0.102. The Balaban J connectivity index is 1.62. The monoisotopic (exact) mass is 464 g/mol. The molecule has 5 aromatic rings. The Bertz CT molecular complexity index is 1550. The maximum absolute atomic E-state index is 15.3. The van der Waals surface area contributed by atoms with Crippen LogP contribution in [0.5, 0.6) is 5.75 Å². The molecule has 1 aromatic carbocycles. The van der Waals surface area contributed by atoms with E-state index in [-0.39, 0.29) is 41.3 Å². The van der Waals surface area contributed by atoms with Crippen LogP contribution in [0.2, 0.25) is 0 Å². The van der Waals surface area contributed by atoms with Crippen LogP contribution in [0.15, 0.2) is 54.9 Å². The number of rotatable bonds is 6. The predicted molar refractivity (Wildman–Crippen MR) is 120 cm³/mol. The number of ether oxygens (including phenoxy) is 1. The topological polar surface area (TPSA) is 107 Å². The summed E-state index contributed by atoms with van der Waals surface area (Å²) in [6, 6.07) is 9.80. The number of nitrogens with one attached hydrogen (secondary N) is 1. The van der Waals surface area contributed by atoms with Crippen molar-refractivity contribution in [1.82, 2.24) is 24.4 Å². The first-order valence-electron chi connectivity index (χ1n) is 10.2. The van der Waals surface area contributed by atoms with Crippen molar-refractivity contribution in [1.29, 1.82) is 0 Å². The number of nitrogens with zero attached hydrogens (tertiary/aromatic N) is 5. The zero-order chi connectivity index (χ0) is 23.8. The van der Waals surface area contributed by atoms with Gasteiger partial charge in [0, 0.05) is 23.4 Å². The standard InChI is InChI=1S/C23H18F2N6O3/c1-34-15-5-6-30-19(10-15)17(12-26-30)20-18(25)11-16-21(29-31(7-8-32)22(16)27-20)28-23(33)13-3-2-4-14(24)9-13/h2-6,9-12,32H,7-8H2,1H3,(H,28,29,33). The number of fused-ring (bicyclic) bond motifs is 2. The van der Waals surface area contributed by atoms with Crippen molar-refractivity contribution in [3.05, 3.63) is 72.1 Å². The average molecular weight is 464 g/mol. The number of halogens is 2. The maximum Gasteiger partial charge on any atom is 0.256 e. The molecule has 4 aromatic heterocycles. The van der Waals surface area contributed by atoms with Crippen LogP contribution in [0.25, 0.3) is 27.8 Å². The Labute approximate surface area is 191 Å². The third-order valence-corrected chi connectivity index (χ3v) is 5.29. The number of hydrogen-bond acceptors (Lipinski definition) is 6. The summed E-state index contributed by atoms with van der Waals surface area (Å²) < 4.78 is 37.0. The molecule has 1 amide bonds. The van der Waals surface area contributed by atoms with Gasteiger partial charge < -0.3 is 15.2 Å². The summed E-state index contributed by atoms with van der Waals surface area (Å²) in [6.07, 6.45) is 3.18. The van der Waals surface area contributed by atoms with Gasteiger partial charge in [-0.15, -0.1) is 0 Å². The summed E-state index contributed by atoms with van der Waals surface area (Å²) in [4.78, 5) is 17.1. The molecule has 2 N–H and O–H groups in total. The van der Waals surface area contributed by atoms with E-state index >= 15 is 4.39 Å². The largest absolute Gasteiger partial charge is 0.497 e. The number of aliphatic hydroxyl groups excluding tert-OH is 1. The van der Waals surface area contributed by atoms with E-state index in [1.54, 1.807) is 22.8 Å². The number of hydrogen-bond donors (Lipinski definition) is 2. The molecule has 0 radical (unpaired) electrons. The van der Waals surface area contributed by atoms with Crippen LogP contribution in [0.4, 0.5) is 14.6 Å². The second-order valence-corrected chi connectivity index (χ2v) is 7.40. The minimum Gasteiger partial charge on any atom is -0.497 e. The van der Waals surface area contributed by atoms with Crippen LogP contribution in [-0.4, -0.2) is 49.1 Å². The minimum absolute atomic E-state index is 0.0258. The molecule has 34 heavy (non-hydrogen) atoms. The highest BCUT2D eigenvalue weighted by Crippen LogP contribution is 2.32. The van der Waals surface area contributed by atoms with Crippen molar-refractivity contribution >= 4 is 28.3 Å². The Morgan fingerprint density at radius 2 is 2.06 bits per heavy atom. The number of pyridine rings is 2. The van der Waals surface area contributed by atoms with Crippen molar-refractivity contribution in [3.8, 4) is 17.0 Å². The van der Waals surface area contributed by atoms with Gasteiger partial charge in [-0.05, 0) is 30.3 Å². The van der Waals surface area contributed by atoms with Gasteiger partial charge in [0.05, 0.1) is 37.4 Å². The zero-order valence-electron chi connectivity index (χ0n) is 17.9. The van der Waals surface area contributed by atoms with Gasteiger partial charge in [-0.2, -0.15) is 10.2 Å². The number of anilines is 1. The highest BCUT2D eigenvalue weighted by Gasteiger charge is 2.21. The molecule has 0 spiro atoms. The van der Waals surface area contributed by atoms with Crippen molar-refractivity contribution < 1.29 is 23.4 Å². The molecule has 4 heterocycles. The average Bonchev–Trinajstić information content (AvgIpc) is 3.39. The van der Waals surface area contributed by atoms with Crippen LogP contribution in [-0.2, 0) is 6.54 Å². The van der Waals surface area contributed by atoms with Gasteiger partial charge in [-0.3, -0.25) is 4.79 Å². The van der Waals surface area contributed by atoms with Gasteiger partial charge in [-0.25, -0.2) is 23.0 Å². The Hall–Kier alpha value is -4.38. The second-order valence-electron chi connectivity index (χ2n) is 7.40. The summed E-state index contributed by atoms with van der Waals surface area (Å²) in [7, 11) is 1.53.